The maximum Gasteiger partial charge on any atom is 0.416 e. The first-order chi connectivity index (χ1) is 14.8. The summed E-state index contributed by atoms with van der Waals surface area (Å²) in [4.78, 5) is 19.2. The number of rotatable bonds is 4. The van der Waals surface area contributed by atoms with Crippen LogP contribution in [0.3, 0.4) is 0 Å². The number of H-pyrrole nitrogens is 1. The van der Waals surface area contributed by atoms with Crippen molar-refractivity contribution in [2.75, 3.05) is 39.3 Å². The molecule has 8 heteroatoms. The lowest BCUT2D eigenvalue weighted by Gasteiger charge is -2.44. The number of carbonyl (C=O) groups is 1. The number of aromatic amines is 1. The summed E-state index contributed by atoms with van der Waals surface area (Å²) < 4.78 is 44.8. The van der Waals surface area contributed by atoms with Crippen LogP contribution in [0.25, 0.3) is 10.9 Å². The van der Waals surface area contributed by atoms with Gasteiger partial charge < -0.3 is 19.5 Å². The number of piperidine rings is 1. The van der Waals surface area contributed by atoms with Crippen LogP contribution in [-0.2, 0) is 17.3 Å². The minimum Gasteiger partial charge on any atom is -0.448 e. The Hall–Kier alpha value is -2.22. The molecule has 3 aliphatic rings. The summed E-state index contributed by atoms with van der Waals surface area (Å²) >= 11 is 0. The molecule has 5 rings (SSSR count). The van der Waals surface area contributed by atoms with Crippen molar-refractivity contribution in [1.82, 2.24) is 14.8 Å². The predicted molar refractivity (Wildman–Crippen MR) is 111 cm³/mol. The number of cyclic esters (lactones) is 1. The molecule has 168 valence electrons. The van der Waals surface area contributed by atoms with Gasteiger partial charge in [-0.15, -0.1) is 0 Å². The second-order valence-electron chi connectivity index (χ2n) is 9.24. The smallest absolute Gasteiger partial charge is 0.416 e. The Morgan fingerprint density at radius 2 is 2.06 bits per heavy atom. The second-order valence-corrected chi connectivity index (χ2v) is 9.24. The van der Waals surface area contributed by atoms with E-state index in [2.05, 4.69) is 16.8 Å². The summed E-state index contributed by atoms with van der Waals surface area (Å²) in [7, 11) is 0. The molecule has 5 nitrogen and oxygen atoms in total. The van der Waals surface area contributed by atoms with E-state index in [1.807, 2.05) is 0 Å². The minimum absolute atomic E-state index is 0.211. The highest BCUT2D eigenvalue weighted by Crippen LogP contribution is 2.46. The number of hydrogen-bond acceptors (Lipinski definition) is 3. The molecule has 0 saturated carbocycles. The van der Waals surface area contributed by atoms with E-state index in [0.717, 1.165) is 61.1 Å². The van der Waals surface area contributed by atoms with Gasteiger partial charge in [-0.2, -0.15) is 13.2 Å². The Bertz CT molecular complexity index is 986. The molecule has 1 aromatic heterocycles. The number of alkyl halides is 3. The lowest BCUT2D eigenvalue weighted by atomic mass is 9.68. The third-order valence-electron chi connectivity index (χ3n) is 7.45. The van der Waals surface area contributed by atoms with Gasteiger partial charge in [0.25, 0.3) is 0 Å². The summed E-state index contributed by atoms with van der Waals surface area (Å²) in [6.45, 7) is 6.96. The van der Waals surface area contributed by atoms with Crippen molar-refractivity contribution in [3.63, 3.8) is 0 Å². The molecule has 0 spiro atoms. The summed E-state index contributed by atoms with van der Waals surface area (Å²) in [6, 6.07) is 4.06. The number of amides is 1. The number of aromatic nitrogens is 1. The maximum atomic E-state index is 13.3. The van der Waals surface area contributed by atoms with Gasteiger partial charge in [0.2, 0.25) is 0 Å². The Morgan fingerprint density at radius 3 is 2.81 bits per heavy atom. The van der Waals surface area contributed by atoms with E-state index in [9.17, 15) is 18.0 Å². The van der Waals surface area contributed by atoms with Gasteiger partial charge in [0, 0.05) is 29.7 Å². The molecule has 1 aromatic carbocycles. The van der Waals surface area contributed by atoms with Crippen LogP contribution >= 0.6 is 0 Å². The molecule has 1 amide bonds. The van der Waals surface area contributed by atoms with Gasteiger partial charge in [-0.25, -0.2) is 4.79 Å². The third kappa shape index (κ3) is 3.79. The van der Waals surface area contributed by atoms with Gasteiger partial charge in [-0.1, -0.05) is 6.92 Å². The molecular weight excluding hydrogens is 407 g/mol. The zero-order chi connectivity index (χ0) is 21.8. The summed E-state index contributed by atoms with van der Waals surface area (Å²) in [5.41, 5.74) is 2.41. The summed E-state index contributed by atoms with van der Waals surface area (Å²) in [5.74, 6) is 1.20. The van der Waals surface area contributed by atoms with Crippen molar-refractivity contribution in [1.29, 1.82) is 0 Å². The van der Waals surface area contributed by atoms with Gasteiger partial charge in [-0.05, 0) is 73.9 Å². The first-order valence-corrected chi connectivity index (χ1v) is 11.2. The molecule has 0 bridgehead atoms. The second kappa shape index (κ2) is 7.73. The van der Waals surface area contributed by atoms with E-state index in [-0.39, 0.29) is 12.0 Å². The Kier molecular flexibility index (Phi) is 5.15. The number of nitrogens with zero attached hydrogens (tertiary/aromatic N) is 2. The van der Waals surface area contributed by atoms with E-state index in [1.54, 1.807) is 11.0 Å². The van der Waals surface area contributed by atoms with Gasteiger partial charge in [0.05, 0.1) is 12.1 Å². The Labute approximate surface area is 179 Å². The highest BCUT2D eigenvalue weighted by Gasteiger charge is 2.40. The monoisotopic (exact) mass is 435 g/mol. The molecule has 2 aromatic rings. The van der Waals surface area contributed by atoms with Crippen molar-refractivity contribution in [3.05, 3.63) is 35.0 Å². The third-order valence-corrected chi connectivity index (χ3v) is 7.45. The fourth-order valence-electron chi connectivity index (χ4n) is 5.84. The van der Waals surface area contributed by atoms with Crippen LogP contribution in [0.2, 0.25) is 0 Å². The number of benzene rings is 1. The van der Waals surface area contributed by atoms with Crippen LogP contribution in [0.1, 0.15) is 42.5 Å². The number of halogens is 3. The molecule has 2 aliphatic heterocycles. The van der Waals surface area contributed by atoms with Crippen LogP contribution in [0, 0.1) is 11.8 Å². The molecule has 3 heterocycles. The molecule has 2 unspecified atom stereocenters. The molecule has 1 N–H and O–H groups in total. The fourth-order valence-corrected chi connectivity index (χ4v) is 5.84. The van der Waals surface area contributed by atoms with E-state index in [4.69, 9.17) is 4.74 Å². The van der Waals surface area contributed by atoms with E-state index in [0.29, 0.717) is 31.5 Å². The normalized spacial score (nSPS) is 26.8. The zero-order valence-corrected chi connectivity index (χ0v) is 17.7. The van der Waals surface area contributed by atoms with Crippen molar-refractivity contribution in [2.24, 2.45) is 11.8 Å². The summed E-state index contributed by atoms with van der Waals surface area (Å²) in [5, 5.41) is 0.723. The van der Waals surface area contributed by atoms with Crippen LogP contribution < -0.4 is 0 Å². The number of likely N-dealkylation sites (tertiary alicyclic amines) is 1. The first kappa shape index (κ1) is 20.7. The van der Waals surface area contributed by atoms with Gasteiger partial charge in [-0.3, -0.25) is 0 Å². The van der Waals surface area contributed by atoms with Gasteiger partial charge >= 0.3 is 12.3 Å². The number of nitrogens with one attached hydrogen (secondary N) is 1. The largest absolute Gasteiger partial charge is 0.448 e. The highest BCUT2D eigenvalue weighted by molar-refractivity contribution is 5.86. The van der Waals surface area contributed by atoms with Crippen molar-refractivity contribution in [3.8, 4) is 0 Å². The molecule has 31 heavy (non-hydrogen) atoms. The van der Waals surface area contributed by atoms with E-state index in [1.165, 1.54) is 12.1 Å². The molecule has 0 radical (unpaired) electrons. The van der Waals surface area contributed by atoms with E-state index < -0.39 is 11.7 Å². The number of hydrogen-bond donors (Lipinski definition) is 1. The van der Waals surface area contributed by atoms with Crippen LogP contribution in [0.4, 0.5) is 18.0 Å². The Balaban J connectivity index is 1.31. The maximum absolute atomic E-state index is 13.3. The molecule has 1 aliphatic carbocycles. The lowest BCUT2D eigenvalue weighted by molar-refractivity contribution is -0.137. The topological polar surface area (TPSA) is 48.6 Å². The standard InChI is InChI=1S/C23H28F3N3O2/c1-14-18-13-28(6-2-7-29-9-10-31-22(29)30)8-5-15(18)11-20-21(14)17-12-16(23(24,25)26)3-4-19(17)27-20/h3-4,12,14-15,18,27H,2,5-11,13H2,1H3/t14?,15?,18-/m1/s1. The first-order valence-electron chi connectivity index (χ1n) is 11.2. The van der Waals surface area contributed by atoms with Gasteiger partial charge in [0.1, 0.15) is 6.61 Å². The van der Waals surface area contributed by atoms with Crippen LogP contribution in [-0.4, -0.2) is 60.2 Å². The average Bonchev–Trinajstić information content (AvgIpc) is 3.30. The number of fused-ring (bicyclic) bond motifs is 4. The molecule has 2 saturated heterocycles. The molecule has 2 fully saturated rings. The Morgan fingerprint density at radius 1 is 1.23 bits per heavy atom. The number of ether oxygens (including phenoxy) is 1. The van der Waals surface area contributed by atoms with E-state index >= 15 is 0 Å². The highest BCUT2D eigenvalue weighted by atomic mass is 19.4. The minimum atomic E-state index is -4.33. The van der Waals surface area contributed by atoms with Crippen LogP contribution in [0.5, 0.6) is 0 Å². The zero-order valence-electron chi connectivity index (χ0n) is 17.7. The fraction of sp³-hybridized carbons (Fsp3) is 0.609. The lowest BCUT2D eigenvalue weighted by Crippen LogP contribution is -2.45. The number of carbonyl (C=O) groups excluding carboxylic acids is 1. The van der Waals surface area contributed by atoms with Crippen LogP contribution in [0.15, 0.2) is 18.2 Å². The molecule has 3 atom stereocenters. The van der Waals surface area contributed by atoms with Gasteiger partial charge in [0.15, 0.2) is 0 Å². The summed E-state index contributed by atoms with van der Waals surface area (Å²) in [6.07, 6.45) is -1.63. The molecular formula is C23H28F3N3O2. The predicted octanol–water partition coefficient (Wildman–Crippen LogP) is 4.63. The average molecular weight is 435 g/mol. The van der Waals surface area contributed by atoms with Crippen molar-refractivity contribution in [2.45, 2.75) is 38.3 Å². The SMILES string of the molecule is CC1c2c([nH]c3ccc(C(F)(F)F)cc23)CC2CCN(CCCN3CCOC3=O)C[C@@H]21. The van der Waals surface area contributed by atoms with Crippen molar-refractivity contribution < 1.29 is 22.7 Å². The van der Waals surface area contributed by atoms with Crippen molar-refractivity contribution >= 4 is 17.0 Å². The quantitative estimate of drug-likeness (QED) is 0.762.